The predicted molar refractivity (Wildman–Crippen MR) is 101 cm³/mol. The molecule has 3 nitrogen and oxygen atoms in total. The Hall–Kier alpha value is -1.42. The summed E-state index contributed by atoms with van der Waals surface area (Å²) in [5.41, 5.74) is -5.97. The summed E-state index contributed by atoms with van der Waals surface area (Å²) in [6.45, 7) is 2.20. The van der Waals surface area contributed by atoms with Crippen molar-refractivity contribution >= 4 is 23.4 Å². The number of carbonyl (C=O) groups is 1. The number of carbonyl (C=O) groups excluding carboxylic acids is 1. The average Bonchev–Trinajstić information content (AvgIpc) is 2.70. The van der Waals surface area contributed by atoms with E-state index in [2.05, 4.69) is 0 Å². The maximum atomic E-state index is 13.3. The molecule has 1 N–H and O–H groups in total. The molecule has 168 valence electrons. The fraction of sp³-hybridized carbons (Fsp3) is 0.650. The van der Waals surface area contributed by atoms with Gasteiger partial charge in [-0.05, 0) is 31.4 Å². The number of benzene rings is 1. The van der Waals surface area contributed by atoms with E-state index in [4.69, 9.17) is 0 Å². The summed E-state index contributed by atoms with van der Waals surface area (Å²) in [6.07, 6.45) is -6.95. The topological polar surface area (TPSA) is 40.5 Å². The molecule has 0 spiro atoms. The van der Waals surface area contributed by atoms with Gasteiger partial charge in [-0.2, -0.15) is 26.3 Å². The highest BCUT2D eigenvalue weighted by atomic mass is 32.2. The van der Waals surface area contributed by atoms with Crippen LogP contribution in [0.25, 0.3) is 0 Å². The van der Waals surface area contributed by atoms with Gasteiger partial charge in [-0.25, -0.2) is 0 Å². The zero-order chi connectivity index (χ0) is 22.3. The monoisotopic (exact) mass is 455 g/mol. The Morgan fingerprint density at radius 1 is 1.10 bits per heavy atom. The molecule has 0 bridgehead atoms. The lowest BCUT2D eigenvalue weighted by Crippen LogP contribution is -2.54. The lowest BCUT2D eigenvalue weighted by Gasteiger charge is -2.38. The number of nitrogens with zero attached hydrogens (tertiary/aromatic N) is 1. The summed E-state index contributed by atoms with van der Waals surface area (Å²) in [4.78, 5) is 14.7. The summed E-state index contributed by atoms with van der Waals surface area (Å²) >= 11 is 1.14. The summed E-state index contributed by atoms with van der Waals surface area (Å²) in [6, 6.07) is 2.43. The first-order valence-electron chi connectivity index (χ1n) is 9.88. The second-order valence-corrected chi connectivity index (χ2v) is 9.16. The van der Waals surface area contributed by atoms with Crippen molar-refractivity contribution in [2.45, 2.75) is 73.5 Å². The highest BCUT2D eigenvalue weighted by molar-refractivity contribution is 8.00. The maximum absolute atomic E-state index is 13.3. The first-order chi connectivity index (χ1) is 13.9. The first-order valence-corrected chi connectivity index (χ1v) is 10.8. The molecular formula is C20H23F6NO2S. The molecule has 1 aromatic carbocycles. The third kappa shape index (κ3) is 4.04. The molecule has 0 aromatic heterocycles. The first kappa shape index (κ1) is 23.2. The van der Waals surface area contributed by atoms with Gasteiger partial charge in [0, 0.05) is 28.2 Å². The standard InChI is InChI=1S/C20H23F6NO2S/c1-2-14-11-27(17(28)12-6-4-3-5-7-12)15-9-8-13(10-16(15)30-14)18(29,19(21,22)23)20(24,25)26/h8-10,12,14,29H,2-7,11H2,1H3/t14-/m0/s1. The third-order valence-electron chi connectivity index (χ3n) is 5.84. The number of anilines is 1. The molecule has 2 aliphatic rings. The second-order valence-electron chi connectivity index (χ2n) is 7.82. The number of rotatable bonds is 3. The summed E-state index contributed by atoms with van der Waals surface area (Å²) in [5.74, 6) is -0.321. The largest absolute Gasteiger partial charge is 0.430 e. The molecule has 1 heterocycles. The van der Waals surface area contributed by atoms with Crippen molar-refractivity contribution in [3.8, 4) is 0 Å². The smallest absolute Gasteiger partial charge is 0.369 e. The Labute approximate surface area is 174 Å². The minimum atomic E-state index is -5.94. The summed E-state index contributed by atoms with van der Waals surface area (Å²) in [7, 11) is 0. The summed E-state index contributed by atoms with van der Waals surface area (Å²) in [5, 5.41) is 9.56. The Kier molecular flexibility index (Phi) is 6.40. The molecule has 1 aliphatic carbocycles. The van der Waals surface area contributed by atoms with Gasteiger partial charge in [-0.1, -0.05) is 32.3 Å². The Morgan fingerprint density at radius 2 is 1.70 bits per heavy atom. The molecule has 1 saturated carbocycles. The number of alkyl halides is 6. The van der Waals surface area contributed by atoms with E-state index in [1.54, 1.807) is 0 Å². The van der Waals surface area contributed by atoms with E-state index in [9.17, 15) is 36.2 Å². The van der Waals surface area contributed by atoms with E-state index in [1.807, 2.05) is 6.92 Å². The molecule has 1 aromatic rings. The Morgan fingerprint density at radius 3 is 2.23 bits per heavy atom. The number of aliphatic hydroxyl groups is 1. The van der Waals surface area contributed by atoms with Crippen LogP contribution < -0.4 is 4.90 Å². The average molecular weight is 455 g/mol. The van der Waals surface area contributed by atoms with E-state index in [0.717, 1.165) is 56.0 Å². The van der Waals surface area contributed by atoms with Crippen molar-refractivity contribution in [1.29, 1.82) is 0 Å². The number of fused-ring (bicyclic) bond motifs is 1. The van der Waals surface area contributed by atoms with Gasteiger partial charge in [0.1, 0.15) is 0 Å². The number of halogens is 6. The van der Waals surface area contributed by atoms with E-state index < -0.39 is 23.5 Å². The van der Waals surface area contributed by atoms with Gasteiger partial charge in [-0.3, -0.25) is 4.79 Å². The van der Waals surface area contributed by atoms with Crippen LogP contribution >= 0.6 is 11.8 Å². The minimum absolute atomic E-state index is 0.135. The molecule has 0 radical (unpaired) electrons. The van der Waals surface area contributed by atoms with E-state index >= 15 is 0 Å². The zero-order valence-electron chi connectivity index (χ0n) is 16.3. The predicted octanol–water partition coefficient (Wildman–Crippen LogP) is 5.80. The lowest BCUT2D eigenvalue weighted by molar-refractivity contribution is -0.376. The Bertz CT molecular complexity index is 774. The van der Waals surface area contributed by atoms with Crippen LogP contribution in [0.4, 0.5) is 32.0 Å². The minimum Gasteiger partial charge on any atom is -0.369 e. The van der Waals surface area contributed by atoms with Gasteiger partial charge in [0.2, 0.25) is 5.91 Å². The number of hydrogen-bond donors (Lipinski definition) is 1. The normalized spacial score (nSPS) is 21.5. The molecule has 1 fully saturated rings. The van der Waals surface area contributed by atoms with Crippen LogP contribution in [-0.2, 0) is 10.4 Å². The van der Waals surface area contributed by atoms with Crippen molar-refractivity contribution in [3.05, 3.63) is 23.8 Å². The highest BCUT2D eigenvalue weighted by Crippen LogP contribution is 2.52. The molecule has 0 unspecified atom stereocenters. The maximum Gasteiger partial charge on any atom is 0.430 e. The van der Waals surface area contributed by atoms with Crippen molar-refractivity contribution in [2.75, 3.05) is 11.4 Å². The van der Waals surface area contributed by atoms with Gasteiger partial charge in [0.25, 0.3) is 5.60 Å². The highest BCUT2D eigenvalue weighted by Gasteiger charge is 2.71. The molecule has 1 atom stereocenters. The zero-order valence-corrected chi connectivity index (χ0v) is 17.1. The number of amides is 1. The Balaban J connectivity index is 2.04. The lowest BCUT2D eigenvalue weighted by atomic mass is 9.88. The van der Waals surface area contributed by atoms with Crippen LogP contribution in [0.5, 0.6) is 0 Å². The van der Waals surface area contributed by atoms with Gasteiger partial charge in [0.15, 0.2) is 0 Å². The quantitative estimate of drug-likeness (QED) is 0.586. The van der Waals surface area contributed by atoms with E-state index in [0.29, 0.717) is 24.7 Å². The molecule has 0 saturated heterocycles. The molecule has 30 heavy (non-hydrogen) atoms. The molecule has 10 heteroatoms. The molecular weight excluding hydrogens is 432 g/mol. The van der Waals surface area contributed by atoms with Crippen molar-refractivity contribution in [3.63, 3.8) is 0 Å². The molecule has 1 amide bonds. The van der Waals surface area contributed by atoms with Gasteiger partial charge < -0.3 is 10.0 Å². The number of thioether (sulfide) groups is 1. The van der Waals surface area contributed by atoms with E-state index in [-0.39, 0.29) is 22.0 Å². The van der Waals surface area contributed by atoms with Crippen molar-refractivity contribution in [1.82, 2.24) is 0 Å². The van der Waals surface area contributed by atoms with Crippen LogP contribution in [0, 0.1) is 5.92 Å². The van der Waals surface area contributed by atoms with Crippen molar-refractivity contribution < 1.29 is 36.2 Å². The van der Waals surface area contributed by atoms with Gasteiger partial charge in [-0.15, -0.1) is 11.8 Å². The molecule has 1 aliphatic heterocycles. The number of hydrogen-bond acceptors (Lipinski definition) is 3. The van der Waals surface area contributed by atoms with E-state index in [1.165, 1.54) is 4.90 Å². The van der Waals surface area contributed by atoms with Crippen LogP contribution in [0.2, 0.25) is 0 Å². The van der Waals surface area contributed by atoms with Gasteiger partial charge in [0.05, 0.1) is 5.69 Å². The SMILES string of the molecule is CC[C@H]1CN(C(=O)C2CCCCC2)c2ccc(C(O)(C(F)(F)F)C(F)(F)F)cc2S1. The van der Waals surface area contributed by atoms with Gasteiger partial charge >= 0.3 is 12.4 Å². The van der Waals surface area contributed by atoms with Crippen LogP contribution in [0.1, 0.15) is 51.0 Å². The molecule has 3 rings (SSSR count). The van der Waals surface area contributed by atoms with Crippen LogP contribution in [0.15, 0.2) is 23.1 Å². The van der Waals surface area contributed by atoms with Crippen LogP contribution in [-0.4, -0.2) is 35.2 Å². The second kappa shape index (κ2) is 8.26. The third-order valence-corrected chi connectivity index (χ3v) is 7.24. The fourth-order valence-electron chi connectivity index (χ4n) is 4.05. The van der Waals surface area contributed by atoms with Crippen molar-refractivity contribution in [2.24, 2.45) is 5.92 Å². The fourth-order valence-corrected chi connectivity index (χ4v) is 5.30. The summed E-state index contributed by atoms with van der Waals surface area (Å²) < 4.78 is 79.6. The van der Waals surface area contributed by atoms with Crippen LogP contribution in [0.3, 0.4) is 0 Å².